The molecule has 1 heterocycles. The molecular formula is C16H23N3O3. The number of amides is 2. The van der Waals surface area contributed by atoms with E-state index in [1.807, 2.05) is 26.8 Å². The van der Waals surface area contributed by atoms with Crippen LogP contribution in [0.2, 0.25) is 0 Å². The van der Waals surface area contributed by atoms with Crippen LogP contribution in [0, 0.1) is 26.0 Å². The van der Waals surface area contributed by atoms with E-state index < -0.39 is 0 Å². The van der Waals surface area contributed by atoms with Crippen molar-refractivity contribution in [2.24, 2.45) is 0 Å². The van der Waals surface area contributed by atoms with Crippen LogP contribution in [-0.4, -0.2) is 55.2 Å². The summed E-state index contributed by atoms with van der Waals surface area (Å²) in [5.41, 5.74) is 3.92. The van der Waals surface area contributed by atoms with Gasteiger partial charge in [-0.1, -0.05) is 6.07 Å². The van der Waals surface area contributed by atoms with Crippen LogP contribution in [-0.2, 0) is 0 Å². The summed E-state index contributed by atoms with van der Waals surface area (Å²) in [5.74, 6) is 0.790. The van der Waals surface area contributed by atoms with Crippen molar-refractivity contribution >= 4 is 12.2 Å². The Morgan fingerprint density at radius 1 is 1.41 bits per heavy atom. The highest BCUT2D eigenvalue weighted by atomic mass is 16.5. The number of carbonyl (C=O) groups excluding carboxylic acids is 1. The Labute approximate surface area is 131 Å². The van der Waals surface area contributed by atoms with Crippen molar-refractivity contribution in [2.45, 2.75) is 20.8 Å². The van der Waals surface area contributed by atoms with Crippen LogP contribution in [0.25, 0.3) is 0 Å². The Hall–Kier alpha value is -2.24. The van der Waals surface area contributed by atoms with E-state index in [2.05, 4.69) is 5.32 Å². The molecule has 1 aliphatic rings. The number of benzene rings is 1. The van der Waals surface area contributed by atoms with Crippen LogP contribution in [0.4, 0.5) is 4.79 Å². The molecule has 1 aromatic rings. The molecular weight excluding hydrogens is 282 g/mol. The number of urea groups is 1. The minimum absolute atomic E-state index is 0.0389. The average molecular weight is 305 g/mol. The lowest BCUT2D eigenvalue weighted by Gasteiger charge is -2.18. The normalized spacial score (nSPS) is 15.2. The summed E-state index contributed by atoms with van der Waals surface area (Å²) in [6, 6.07) is 1.98. The van der Waals surface area contributed by atoms with Gasteiger partial charge in [0.1, 0.15) is 19.4 Å². The summed E-state index contributed by atoms with van der Waals surface area (Å²) in [6.45, 7) is 8.32. The summed E-state index contributed by atoms with van der Waals surface area (Å²) < 4.78 is 6.69. The number of nitrogens with one attached hydrogen (secondary N) is 1. The highest BCUT2D eigenvalue weighted by Gasteiger charge is 2.19. The molecule has 1 saturated heterocycles. The average Bonchev–Trinajstić information content (AvgIpc) is 2.84. The number of ether oxygens (including phenoxy) is 1. The molecule has 0 atom stereocenters. The third-order valence-corrected chi connectivity index (χ3v) is 3.82. The number of hydrogen-bond donors (Lipinski definition) is 1. The molecule has 120 valence electrons. The Morgan fingerprint density at radius 3 is 2.73 bits per heavy atom. The van der Waals surface area contributed by atoms with Gasteiger partial charge in [-0.05, 0) is 31.9 Å². The molecule has 0 spiro atoms. The van der Waals surface area contributed by atoms with Crippen molar-refractivity contribution in [1.82, 2.24) is 10.2 Å². The second-order valence-electron chi connectivity index (χ2n) is 5.62. The molecule has 1 fully saturated rings. The van der Waals surface area contributed by atoms with Crippen molar-refractivity contribution in [1.29, 1.82) is 0 Å². The second-order valence-corrected chi connectivity index (χ2v) is 5.62. The van der Waals surface area contributed by atoms with Crippen LogP contribution >= 0.6 is 0 Å². The fraction of sp³-hybridized carbons (Fsp3) is 0.500. The van der Waals surface area contributed by atoms with Crippen molar-refractivity contribution in [3.8, 4) is 5.75 Å². The predicted octanol–water partition coefficient (Wildman–Crippen LogP) is 1.57. The van der Waals surface area contributed by atoms with Crippen molar-refractivity contribution < 1.29 is 14.3 Å². The summed E-state index contributed by atoms with van der Waals surface area (Å²) in [6.07, 6.45) is 1.56. The molecule has 0 bridgehead atoms. The van der Waals surface area contributed by atoms with Gasteiger partial charge in [-0.2, -0.15) is 0 Å². The smallest absolute Gasteiger partial charge is 0.317 e. The number of nitrogens with zero attached hydrogens (tertiary/aromatic N) is 2. The Morgan fingerprint density at radius 2 is 2.14 bits per heavy atom. The molecule has 1 aromatic carbocycles. The summed E-state index contributed by atoms with van der Waals surface area (Å²) in [5, 5.41) is 14.1. The topological polar surface area (TPSA) is 67.6 Å². The van der Waals surface area contributed by atoms with E-state index in [1.54, 1.807) is 11.1 Å². The highest BCUT2D eigenvalue weighted by molar-refractivity contribution is 5.82. The van der Waals surface area contributed by atoms with Crippen LogP contribution < -0.4 is 10.1 Å². The fourth-order valence-corrected chi connectivity index (χ4v) is 2.77. The maximum Gasteiger partial charge on any atom is 0.317 e. The summed E-state index contributed by atoms with van der Waals surface area (Å²) in [7, 11) is 1.46. The maximum absolute atomic E-state index is 11.5. The molecule has 0 unspecified atom stereocenters. The Balaban J connectivity index is 2.13. The minimum Gasteiger partial charge on any atom is -0.624 e. The van der Waals surface area contributed by atoms with Gasteiger partial charge in [0.2, 0.25) is 0 Å². The van der Waals surface area contributed by atoms with E-state index in [1.165, 1.54) is 7.05 Å². The van der Waals surface area contributed by atoms with Gasteiger partial charge in [-0.3, -0.25) is 0 Å². The Bertz CT molecular complexity index is 607. The van der Waals surface area contributed by atoms with Gasteiger partial charge >= 0.3 is 6.03 Å². The second kappa shape index (κ2) is 6.68. The molecule has 2 rings (SSSR count). The third-order valence-electron chi connectivity index (χ3n) is 3.82. The first-order valence-electron chi connectivity index (χ1n) is 7.41. The van der Waals surface area contributed by atoms with E-state index in [-0.39, 0.29) is 6.03 Å². The zero-order valence-corrected chi connectivity index (χ0v) is 13.6. The molecule has 0 aromatic heterocycles. The molecule has 6 heteroatoms. The number of hydrogen-bond acceptors (Lipinski definition) is 3. The van der Waals surface area contributed by atoms with Gasteiger partial charge in [-0.25, -0.2) is 9.53 Å². The quantitative estimate of drug-likeness (QED) is 0.389. The number of rotatable bonds is 5. The SMILES string of the molecule is Cc1cc(C)c(OCCN2CCNC2=O)c(C)c1C=[N+](C)[O-]. The lowest BCUT2D eigenvalue weighted by atomic mass is 9.99. The standard InChI is InChI=1S/C16H23N3O3/c1-11-9-12(2)15(13(3)14(11)10-18(4)21)22-8-7-19-6-5-17-16(19)20/h9-10H,5-8H2,1-4H3,(H,17,20). The third kappa shape index (κ3) is 3.50. The molecule has 0 aliphatic carbocycles. The van der Waals surface area contributed by atoms with Crippen molar-refractivity contribution in [3.05, 3.63) is 33.5 Å². The van der Waals surface area contributed by atoms with Crippen LogP contribution in [0.5, 0.6) is 5.75 Å². The minimum atomic E-state index is -0.0389. The molecule has 0 radical (unpaired) electrons. The first-order valence-corrected chi connectivity index (χ1v) is 7.41. The van der Waals surface area contributed by atoms with Crippen molar-refractivity contribution in [2.75, 3.05) is 33.3 Å². The predicted molar refractivity (Wildman–Crippen MR) is 85.8 cm³/mol. The fourth-order valence-electron chi connectivity index (χ4n) is 2.77. The van der Waals surface area contributed by atoms with Crippen molar-refractivity contribution in [3.63, 3.8) is 0 Å². The first-order chi connectivity index (χ1) is 10.4. The van der Waals surface area contributed by atoms with E-state index in [9.17, 15) is 10.0 Å². The van der Waals surface area contributed by atoms with E-state index in [0.29, 0.717) is 26.2 Å². The molecule has 6 nitrogen and oxygen atoms in total. The van der Waals surface area contributed by atoms with Gasteiger partial charge in [0.25, 0.3) is 0 Å². The maximum atomic E-state index is 11.5. The molecule has 2 amide bonds. The van der Waals surface area contributed by atoms with Crippen LogP contribution in [0.15, 0.2) is 6.07 Å². The lowest BCUT2D eigenvalue weighted by molar-refractivity contribution is -0.416. The first kappa shape index (κ1) is 16.1. The number of aryl methyl sites for hydroxylation is 2. The lowest BCUT2D eigenvalue weighted by Crippen LogP contribution is -2.32. The summed E-state index contributed by atoms with van der Waals surface area (Å²) in [4.78, 5) is 13.2. The largest absolute Gasteiger partial charge is 0.624 e. The molecule has 1 N–H and O–H groups in total. The highest BCUT2D eigenvalue weighted by Crippen LogP contribution is 2.28. The van der Waals surface area contributed by atoms with E-state index in [0.717, 1.165) is 32.7 Å². The van der Waals surface area contributed by atoms with Gasteiger partial charge in [0.05, 0.1) is 6.54 Å². The van der Waals surface area contributed by atoms with Gasteiger partial charge in [-0.15, -0.1) is 0 Å². The zero-order valence-electron chi connectivity index (χ0n) is 13.6. The van der Waals surface area contributed by atoms with Gasteiger partial charge in [0.15, 0.2) is 6.21 Å². The number of hydroxylamine groups is 1. The molecule has 0 saturated carbocycles. The number of carbonyl (C=O) groups is 1. The van der Waals surface area contributed by atoms with Crippen LogP contribution in [0.3, 0.4) is 0 Å². The monoisotopic (exact) mass is 305 g/mol. The van der Waals surface area contributed by atoms with Gasteiger partial charge in [0, 0.05) is 24.2 Å². The van der Waals surface area contributed by atoms with E-state index >= 15 is 0 Å². The Kier molecular flexibility index (Phi) is 4.90. The molecule has 1 aliphatic heterocycles. The van der Waals surface area contributed by atoms with Gasteiger partial charge < -0.3 is 20.2 Å². The van der Waals surface area contributed by atoms with E-state index in [4.69, 9.17) is 4.74 Å². The zero-order chi connectivity index (χ0) is 16.3. The van der Waals surface area contributed by atoms with Crippen LogP contribution in [0.1, 0.15) is 22.3 Å². The molecule has 22 heavy (non-hydrogen) atoms. The summed E-state index contributed by atoms with van der Waals surface area (Å²) >= 11 is 0.